The molecule has 0 aliphatic heterocycles. The van der Waals surface area contributed by atoms with Crippen LogP contribution in [0.2, 0.25) is 0 Å². The van der Waals surface area contributed by atoms with Crippen LogP contribution in [0.25, 0.3) is 0 Å². The van der Waals surface area contributed by atoms with Crippen LogP contribution in [0.4, 0.5) is 0 Å². The van der Waals surface area contributed by atoms with Gasteiger partial charge in [0, 0.05) is 0 Å². The lowest BCUT2D eigenvalue weighted by atomic mass is 9.96. The fourth-order valence-corrected chi connectivity index (χ4v) is 2.41. The summed E-state index contributed by atoms with van der Waals surface area (Å²) < 4.78 is 0. The highest BCUT2D eigenvalue weighted by Crippen LogP contribution is 2.37. The van der Waals surface area contributed by atoms with Gasteiger partial charge in [-0.15, -0.1) is 11.6 Å². The molecular formula is C10H16Cl2O. The van der Waals surface area contributed by atoms with Crippen molar-refractivity contribution in [2.45, 2.75) is 50.3 Å². The molecule has 1 aliphatic rings. The van der Waals surface area contributed by atoms with Gasteiger partial charge < -0.3 is 0 Å². The second-order valence-corrected chi connectivity index (χ2v) is 5.01. The van der Waals surface area contributed by atoms with Crippen molar-refractivity contribution >= 4 is 28.4 Å². The minimum absolute atomic E-state index is 0.370. The van der Waals surface area contributed by atoms with E-state index in [9.17, 15) is 4.79 Å². The molecule has 1 saturated carbocycles. The van der Waals surface area contributed by atoms with E-state index in [4.69, 9.17) is 23.2 Å². The van der Waals surface area contributed by atoms with E-state index in [1.54, 1.807) is 0 Å². The van der Waals surface area contributed by atoms with E-state index >= 15 is 0 Å². The van der Waals surface area contributed by atoms with Crippen LogP contribution < -0.4 is 0 Å². The van der Waals surface area contributed by atoms with Gasteiger partial charge in [-0.05, 0) is 36.8 Å². The lowest BCUT2D eigenvalue weighted by Crippen LogP contribution is -2.27. The number of rotatable bonds is 2. The summed E-state index contributed by atoms with van der Waals surface area (Å²) in [7, 11) is 0. The zero-order valence-corrected chi connectivity index (χ0v) is 9.50. The molecule has 1 aliphatic carbocycles. The van der Waals surface area contributed by atoms with Crippen LogP contribution in [-0.4, -0.2) is 10.1 Å². The first kappa shape index (κ1) is 11.3. The molecule has 2 atom stereocenters. The van der Waals surface area contributed by atoms with Crippen LogP contribution in [0.3, 0.4) is 0 Å². The Morgan fingerprint density at radius 1 is 1.46 bits per heavy atom. The third kappa shape index (κ3) is 2.85. The summed E-state index contributed by atoms with van der Waals surface area (Å²) in [6, 6.07) is 0. The van der Waals surface area contributed by atoms with E-state index in [0.717, 1.165) is 31.6 Å². The van der Waals surface area contributed by atoms with E-state index in [2.05, 4.69) is 6.92 Å². The number of alkyl halides is 1. The average molecular weight is 223 g/mol. The minimum Gasteiger partial charge on any atom is -0.279 e. The van der Waals surface area contributed by atoms with Crippen molar-refractivity contribution in [2.75, 3.05) is 0 Å². The molecule has 2 unspecified atom stereocenters. The second-order valence-electron chi connectivity index (χ2n) is 3.94. The Morgan fingerprint density at radius 3 is 2.69 bits per heavy atom. The topological polar surface area (TPSA) is 17.1 Å². The molecule has 1 rings (SSSR count). The van der Waals surface area contributed by atoms with Crippen molar-refractivity contribution in [1.82, 2.24) is 0 Å². The van der Waals surface area contributed by atoms with Crippen LogP contribution in [0.5, 0.6) is 0 Å². The van der Waals surface area contributed by atoms with E-state index in [1.807, 2.05) is 0 Å². The summed E-state index contributed by atoms with van der Waals surface area (Å²) in [5, 5.41) is -0.370. The molecule has 1 fully saturated rings. The highest BCUT2D eigenvalue weighted by Gasteiger charge is 2.36. The number of carbonyl (C=O) groups excluding carboxylic acids is 1. The quantitative estimate of drug-likeness (QED) is 0.396. The van der Waals surface area contributed by atoms with Gasteiger partial charge in [0.25, 0.3) is 0 Å². The van der Waals surface area contributed by atoms with E-state index in [1.165, 1.54) is 12.8 Å². The summed E-state index contributed by atoms with van der Waals surface area (Å²) in [4.78, 5) is 10.3. The largest absolute Gasteiger partial charge is 0.279 e. The van der Waals surface area contributed by atoms with Gasteiger partial charge in [-0.1, -0.05) is 26.2 Å². The van der Waals surface area contributed by atoms with Crippen LogP contribution in [0.15, 0.2) is 0 Å². The Morgan fingerprint density at radius 2 is 2.15 bits per heavy atom. The molecule has 0 aromatic carbocycles. The molecule has 13 heavy (non-hydrogen) atoms. The first-order valence-electron chi connectivity index (χ1n) is 4.97. The Hall–Kier alpha value is 0.250. The molecule has 3 heteroatoms. The van der Waals surface area contributed by atoms with Crippen molar-refractivity contribution in [3.8, 4) is 0 Å². The molecule has 0 amide bonds. The third-order valence-corrected chi connectivity index (χ3v) is 4.07. The maximum absolute atomic E-state index is 11.1. The van der Waals surface area contributed by atoms with Crippen molar-refractivity contribution in [3.63, 3.8) is 0 Å². The first-order valence-corrected chi connectivity index (χ1v) is 5.73. The van der Waals surface area contributed by atoms with Gasteiger partial charge in [0.2, 0.25) is 5.24 Å². The summed E-state index contributed by atoms with van der Waals surface area (Å²) in [6.45, 7) is 2.19. The summed E-state index contributed by atoms with van der Waals surface area (Å²) in [5.74, 6) is 0.733. The molecule has 0 N–H and O–H groups in total. The Kier molecular flexibility index (Phi) is 4.06. The van der Waals surface area contributed by atoms with Crippen LogP contribution in [-0.2, 0) is 4.79 Å². The van der Waals surface area contributed by atoms with Crippen molar-refractivity contribution < 1.29 is 4.79 Å². The SMILES string of the molecule is CCC1CCCC(Cl)(C(=O)Cl)CC1. The summed E-state index contributed by atoms with van der Waals surface area (Å²) >= 11 is 11.6. The number of hydrogen-bond donors (Lipinski definition) is 0. The summed E-state index contributed by atoms with van der Waals surface area (Å²) in [5.41, 5.74) is 0. The minimum atomic E-state index is -0.758. The molecule has 0 aromatic heterocycles. The van der Waals surface area contributed by atoms with Crippen LogP contribution >= 0.6 is 23.2 Å². The third-order valence-electron chi connectivity index (χ3n) is 3.06. The molecule has 0 saturated heterocycles. The monoisotopic (exact) mass is 222 g/mol. The predicted molar refractivity (Wildman–Crippen MR) is 56.3 cm³/mol. The Balaban J connectivity index is 2.58. The van der Waals surface area contributed by atoms with Gasteiger partial charge in [0.1, 0.15) is 4.87 Å². The molecule has 1 nitrogen and oxygen atoms in total. The van der Waals surface area contributed by atoms with Gasteiger partial charge in [-0.25, -0.2) is 0 Å². The fraction of sp³-hybridized carbons (Fsp3) is 0.900. The highest BCUT2D eigenvalue weighted by molar-refractivity contribution is 6.70. The Labute approximate surface area is 89.8 Å². The second kappa shape index (κ2) is 4.65. The van der Waals surface area contributed by atoms with Gasteiger partial charge >= 0.3 is 0 Å². The van der Waals surface area contributed by atoms with Gasteiger partial charge in [-0.3, -0.25) is 4.79 Å². The lowest BCUT2D eigenvalue weighted by Gasteiger charge is -2.19. The predicted octanol–water partition coefficient (Wildman–Crippen LogP) is 3.72. The average Bonchev–Trinajstić information content (AvgIpc) is 2.28. The van der Waals surface area contributed by atoms with Crippen molar-refractivity contribution in [2.24, 2.45) is 5.92 Å². The molecule has 0 spiro atoms. The van der Waals surface area contributed by atoms with Crippen LogP contribution in [0, 0.1) is 5.92 Å². The Bertz CT molecular complexity index is 193. The van der Waals surface area contributed by atoms with E-state index in [0.29, 0.717) is 0 Å². The molecular weight excluding hydrogens is 207 g/mol. The highest BCUT2D eigenvalue weighted by atomic mass is 35.5. The first-order chi connectivity index (χ1) is 6.08. The molecule has 0 aromatic rings. The van der Waals surface area contributed by atoms with Crippen LogP contribution in [0.1, 0.15) is 45.4 Å². The van der Waals surface area contributed by atoms with Crippen molar-refractivity contribution in [1.29, 1.82) is 0 Å². The molecule has 0 radical (unpaired) electrons. The summed E-state index contributed by atoms with van der Waals surface area (Å²) in [6.07, 6.45) is 5.93. The van der Waals surface area contributed by atoms with E-state index < -0.39 is 4.87 Å². The maximum atomic E-state index is 11.1. The standard InChI is InChI=1S/C10H16Cl2O/c1-2-8-4-3-6-10(12,7-5-8)9(11)13/h8H,2-7H2,1H3. The number of hydrogen-bond acceptors (Lipinski definition) is 1. The molecule has 0 bridgehead atoms. The fourth-order valence-electron chi connectivity index (χ4n) is 1.98. The zero-order chi connectivity index (χ0) is 9.90. The number of halogens is 2. The lowest BCUT2D eigenvalue weighted by molar-refractivity contribution is -0.114. The normalized spacial score (nSPS) is 35.5. The zero-order valence-electron chi connectivity index (χ0n) is 7.98. The van der Waals surface area contributed by atoms with Gasteiger partial charge in [0.15, 0.2) is 0 Å². The van der Waals surface area contributed by atoms with Gasteiger partial charge in [0.05, 0.1) is 0 Å². The van der Waals surface area contributed by atoms with Gasteiger partial charge in [-0.2, -0.15) is 0 Å². The molecule has 0 heterocycles. The number of carbonyl (C=O) groups is 1. The van der Waals surface area contributed by atoms with Crippen molar-refractivity contribution in [3.05, 3.63) is 0 Å². The smallest absolute Gasteiger partial charge is 0.242 e. The van der Waals surface area contributed by atoms with E-state index in [-0.39, 0.29) is 5.24 Å². The molecule has 76 valence electrons. The maximum Gasteiger partial charge on any atom is 0.242 e.